The molecule has 6 aromatic rings. The molecule has 0 unspecified atom stereocenters. The highest BCUT2D eigenvalue weighted by Crippen LogP contribution is 2.65. The molecule has 0 saturated heterocycles. The Labute approximate surface area is 359 Å². The van der Waals surface area contributed by atoms with Crippen molar-refractivity contribution in [2.45, 2.75) is 27.7 Å². The first kappa shape index (κ1) is 38.6. The predicted octanol–water partition coefficient (Wildman–Crippen LogP) is 14.8. The standard InChI is InChI=1S/C53H42O6P2/c1-35-19-5-13-29-45(35)54-60(55-46-30-14-6-20-36(46)2)58-51-43-25-11-9-23-39(43)41-27-17-33-53(49(41)51)34-18-28-42-40-24-10-12-26-44(40)52(50(42)53)59-61(56-47-31-15-7-21-37(47)3)57-48-32-16-8-22-38(48)4/h5-34H,1-4H3. The Bertz CT molecular complexity index is 2610. The largest absolute Gasteiger partial charge is 0.530 e. The Morgan fingerprint density at radius 3 is 0.967 bits per heavy atom. The maximum atomic E-state index is 7.24. The molecular weight excluding hydrogens is 795 g/mol. The molecule has 0 aliphatic heterocycles. The molecule has 0 amide bonds. The van der Waals surface area contributed by atoms with Gasteiger partial charge in [-0.15, -0.1) is 0 Å². The van der Waals surface area contributed by atoms with Crippen molar-refractivity contribution in [3.63, 3.8) is 0 Å². The van der Waals surface area contributed by atoms with E-state index in [0.717, 1.165) is 66.8 Å². The van der Waals surface area contributed by atoms with E-state index in [1.807, 2.05) is 137 Å². The molecule has 0 fully saturated rings. The van der Waals surface area contributed by atoms with Crippen molar-refractivity contribution in [2.24, 2.45) is 5.41 Å². The normalized spacial score (nSPS) is 15.2. The lowest BCUT2D eigenvalue weighted by molar-refractivity contribution is 0.365. The van der Waals surface area contributed by atoms with E-state index < -0.39 is 22.6 Å². The van der Waals surface area contributed by atoms with Crippen molar-refractivity contribution >= 4 is 39.9 Å². The van der Waals surface area contributed by atoms with Gasteiger partial charge in [0.2, 0.25) is 0 Å². The van der Waals surface area contributed by atoms with Crippen LogP contribution in [0.15, 0.2) is 193 Å². The predicted molar refractivity (Wildman–Crippen MR) is 247 cm³/mol. The van der Waals surface area contributed by atoms with E-state index in [1.54, 1.807) is 0 Å². The van der Waals surface area contributed by atoms with Crippen LogP contribution in [0.1, 0.15) is 44.5 Å². The van der Waals surface area contributed by atoms with E-state index >= 15 is 0 Å². The van der Waals surface area contributed by atoms with E-state index in [1.165, 1.54) is 0 Å². The average molecular weight is 837 g/mol. The molecule has 61 heavy (non-hydrogen) atoms. The molecule has 0 atom stereocenters. The zero-order valence-corrected chi connectivity index (χ0v) is 36.0. The maximum absolute atomic E-state index is 7.24. The second kappa shape index (κ2) is 16.1. The van der Waals surface area contributed by atoms with Crippen molar-refractivity contribution < 1.29 is 27.1 Å². The molecule has 0 heterocycles. The van der Waals surface area contributed by atoms with E-state index in [0.29, 0.717) is 34.5 Å². The zero-order valence-electron chi connectivity index (χ0n) is 34.2. The Balaban J connectivity index is 1.15. The van der Waals surface area contributed by atoms with E-state index in [9.17, 15) is 0 Å². The number of allylic oxidation sites excluding steroid dienone is 10. The summed E-state index contributed by atoms with van der Waals surface area (Å²) in [6.45, 7) is 8.10. The van der Waals surface area contributed by atoms with Gasteiger partial charge in [-0.3, -0.25) is 0 Å². The van der Waals surface area contributed by atoms with Crippen LogP contribution >= 0.6 is 17.2 Å². The van der Waals surface area contributed by atoms with Gasteiger partial charge in [0, 0.05) is 22.3 Å². The van der Waals surface area contributed by atoms with Gasteiger partial charge in [0.25, 0.3) is 0 Å². The number of benzene rings is 6. The molecule has 4 aliphatic carbocycles. The summed E-state index contributed by atoms with van der Waals surface area (Å²) in [7, 11) is -4.06. The van der Waals surface area contributed by atoms with E-state index in [-0.39, 0.29) is 0 Å². The number of para-hydroxylation sites is 4. The Kier molecular flexibility index (Phi) is 10.2. The number of fused-ring (bicyclic) bond motifs is 8. The van der Waals surface area contributed by atoms with Crippen LogP contribution in [0.3, 0.4) is 0 Å². The minimum Gasteiger partial charge on any atom is -0.408 e. The van der Waals surface area contributed by atoms with Crippen molar-refractivity contribution in [3.05, 3.63) is 238 Å². The van der Waals surface area contributed by atoms with Gasteiger partial charge in [-0.25, -0.2) is 0 Å². The van der Waals surface area contributed by atoms with Crippen LogP contribution in [0, 0.1) is 33.1 Å². The lowest BCUT2D eigenvalue weighted by atomic mass is 9.65. The molecule has 6 nitrogen and oxygen atoms in total. The van der Waals surface area contributed by atoms with Gasteiger partial charge in [0.15, 0.2) is 0 Å². The summed E-state index contributed by atoms with van der Waals surface area (Å²) in [5.74, 6) is 4.13. The Morgan fingerprint density at radius 2 is 0.639 bits per heavy atom. The minimum absolute atomic E-state index is 0.683. The summed E-state index contributed by atoms with van der Waals surface area (Å²) >= 11 is 0. The summed E-state index contributed by atoms with van der Waals surface area (Å²) in [5.41, 5.74) is 11.2. The second-order valence-corrected chi connectivity index (χ2v) is 17.3. The quantitative estimate of drug-likeness (QED) is 0.114. The molecular formula is C53H42O6P2. The van der Waals surface area contributed by atoms with Gasteiger partial charge in [0.1, 0.15) is 34.5 Å². The van der Waals surface area contributed by atoms with Gasteiger partial charge in [-0.1, -0.05) is 158 Å². The zero-order chi connectivity index (χ0) is 41.5. The lowest BCUT2D eigenvalue weighted by Crippen LogP contribution is -2.26. The summed E-state index contributed by atoms with van der Waals surface area (Å²) < 4.78 is 41.4. The van der Waals surface area contributed by atoms with Gasteiger partial charge in [0.05, 0.1) is 5.41 Å². The Morgan fingerprint density at radius 1 is 0.344 bits per heavy atom. The van der Waals surface area contributed by atoms with Gasteiger partial charge in [-0.05, 0) is 96.5 Å². The molecule has 6 aromatic carbocycles. The monoisotopic (exact) mass is 836 g/mol. The molecule has 4 aliphatic rings. The molecule has 8 heteroatoms. The third-order valence-corrected chi connectivity index (χ3v) is 13.4. The van der Waals surface area contributed by atoms with Crippen molar-refractivity contribution in [2.75, 3.05) is 0 Å². The third-order valence-electron chi connectivity index (χ3n) is 11.4. The fourth-order valence-corrected chi connectivity index (χ4v) is 10.7. The van der Waals surface area contributed by atoms with Crippen molar-refractivity contribution in [3.8, 4) is 23.0 Å². The van der Waals surface area contributed by atoms with Crippen LogP contribution in [-0.4, -0.2) is 0 Å². The summed E-state index contributed by atoms with van der Waals surface area (Å²) in [6, 6.07) is 48.5. The summed E-state index contributed by atoms with van der Waals surface area (Å²) in [6.07, 6.45) is 13.1. The Hall–Kier alpha value is -6.58. The second-order valence-electron chi connectivity index (χ2n) is 15.3. The van der Waals surface area contributed by atoms with Crippen LogP contribution in [0.2, 0.25) is 0 Å². The van der Waals surface area contributed by atoms with Crippen molar-refractivity contribution in [1.29, 1.82) is 0 Å². The lowest BCUT2D eigenvalue weighted by Gasteiger charge is -2.37. The molecule has 0 aromatic heterocycles. The molecule has 0 bridgehead atoms. The number of hydrogen-bond donors (Lipinski definition) is 0. The highest BCUT2D eigenvalue weighted by atomic mass is 31.2. The first-order valence-corrected chi connectivity index (χ1v) is 22.5. The maximum Gasteiger partial charge on any atom is 0.530 e. The first-order valence-electron chi connectivity index (χ1n) is 20.3. The summed E-state index contributed by atoms with van der Waals surface area (Å²) in [5, 5.41) is 0. The molecule has 0 saturated carbocycles. The van der Waals surface area contributed by atoms with Crippen LogP contribution in [-0.2, 0) is 9.05 Å². The SMILES string of the molecule is Cc1ccccc1OP(OC1=C2C(=CC=CC23C=CC=C2C3=C(OP(Oc3ccccc3C)Oc3ccccc3C)c3ccccc32)c2ccccc21)Oc1ccccc1C. The smallest absolute Gasteiger partial charge is 0.408 e. The van der Waals surface area contributed by atoms with Crippen molar-refractivity contribution in [1.82, 2.24) is 0 Å². The highest BCUT2D eigenvalue weighted by molar-refractivity contribution is 7.43. The highest BCUT2D eigenvalue weighted by Gasteiger charge is 2.51. The number of rotatable bonds is 12. The minimum atomic E-state index is -2.03. The van der Waals surface area contributed by atoms with Crippen LogP contribution in [0.4, 0.5) is 0 Å². The fraction of sp³-hybridized carbons (Fsp3) is 0.0943. The fourth-order valence-electron chi connectivity index (χ4n) is 8.30. The number of aryl methyl sites for hydroxylation is 4. The molecule has 10 rings (SSSR count). The number of hydrogen-bond acceptors (Lipinski definition) is 6. The molecule has 300 valence electrons. The van der Waals surface area contributed by atoms with Crippen LogP contribution in [0.25, 0.3) is 22.7 Å². The van der Waals surface area contributed by atoms with Crippen LogP contribution < -0.4 is 18.1 Å². The summed E-state index contributed by atoms with van der Waals surface area (Å²) in [4.78, 5) is 0. The van der Waals surface area contributed by atoms with Gasteiger partial charge < -0.3 is 27.1 Å². The van der Waals surface area contributed by atoms with Gasteiger partial charge >= 0.3 is 17.2 Å². The van der Waals surface area contributed by atoms with E-state index in [2.05, 4.69) is 72.9 Å². The average Bonchev–Trinajstić information content (AvgIpc) is 3.78. The molecule has 0 N–H and O–H groups in total. The topological polar surface area (TPSA) is 55.4 Å². The van der Waals surface area contributed by atoms with Gasteiger partial charge in [-0.2, -0.15) is 0 Å². The van der Waals surface area contributed by atoms with Crippen LogP contribution in [0.5, 0.6) is 23.0 Å². The first-order chi connectivity index (χ1) is 29.9. The molecule has 0 radical (unpaired) electrons. The third kappa shape index (κ3) is 7.06. The van der Waals surface area contributed by atoms with E-state index in [4.69, 9.17) is 27.1 Å². The molecule has 1 spiro atoms.